The van der Waals surface area contributed by atoms with Crippen LogP contribution in [0.1, 0.15) is 41.4 Å². The lowest BCUT2D eigenvalue weighted by atomic mass is 10.0. The van der Waals surface area contributed by atoms with Gasteiger partial charge in [-0.25, -0.2) is 4.98 Å². The Morgan fingerprint density at radius 2 is 1.78 bits per heavy atom. The summed E-state index contributed by atoms with van der Waals surface area (Å²) >= 11 is 0. The minimum Gasteiger partial charge on any atom is -0.506 e. The van der Waals surface area contributed by atoms with Crippen LogP contribution in [0.4, 0.5) is 0 Å². The third kappa shape index (κ3) is 4.70. The highest BCUT2D eigenvalue weighted by Crippen LogP contribution is 2.25. The third-order valence-corrected chi connectivity index (χ3v) is 4.24. The van der Waals surface area contributed by atoms with Gasteiger partial charge in [0.2, 0.25) is 0 Å². The maximum Gasteiger partial charge on any atom is 0.306 e. The van der Waals surface area contributed by atoms with E-state index in [1.54, 1.807) is 6.92 Å². The van der Waals surface area contributed by atoms with Gasteiger partial charge in [0.1, 0.15) is 11.4 Å². The topological polar surface area (TPSA) is 76.5 Å². The van der Waals surface area contributed by atoms with Crippen LogP contribution >= 0.6 is 0 Å². The van der Waals surface area contributed by atoms with Gasteiger partial charge in [0.15, 0.2) is 5.78 Å². The van der Waals surface area contributed by atoms with Crippen molar-refractivity contribution in [3.63, 3.8) is 0 Å². The molecule has 2 aromatic carbocycles. The number of rotatable bonds is 7. The van der Waals surface area contributed by atoms with Gasteiger partial charge in [-0.15, -0.1) is 0 Å². The van der Waals surface area contributed by atoms with E-state index in [2.05, 4.69) is 17.1 Å². The zero-order chi connectivity index (χ0) is 19.2. The lowest BCUT2D eigenvalue weighted by Gasteiger charge is -2.08. The Labute approximate surface area is 157 Å². The highest BCUT2D eigenvalue weighted by molar-refractivity contribution is 6.00. The summed E-state index contributed by atoms with van der Waals surface area (Å²) in [5.41, 5.74) is 2.88. The van der Waals surface area contributed by atoms with Crippen LogP contribution in [0.5, 0.6) is 5.75 Å². The van der Waals surface area contributed by atoms with Crippen molar-refractivity contribution in [1.82, 2.24) is 4.98 Å². The van der Waals surface area contributed by atoms with E-state index in [1.165, 1.54) is 11.6 Å². The number of carbonyl (C=O) groups excluding carboxylic acids is 2. The van der Waals surface area contributed by atoms with Crippen LogP contribution in [0.2, 0.25) is 0 Å². The lowest BCUT2D eigenvalue weighted by molar-refractivity contribution is -0.143. The van der Waals surface area contributed by atoms with Gasteiger partial charge >= 0.3 is 5.97 Å². The molecule has 0 saturated heterocycles. The first-order valence-corrected chi connectivity index (χ1v) is 8.92. The van der Waals surface area contributed by atoms with Crippen molar-refractivity contribution in [3.05, 3.63) is 71.4 Å². The molecule has 0 radical (unpaired) electrons. The minimum absolute atomic E-state index is 0.0105. The molecule has 0 spiro atoms. The number of carbonyl (C=O) groups is 2. The Balaban J connectivity index is 1.82. The second kappa shape index (κ2) is 8.45. The van der Waals surface area contributed by atoms with E-state index in [0.29, 0.717) is 5.52 Å². The summed E-state index contributed by atoms with van der Waals surface area (Å²) in [6, 6.07) is 17.4. The molecule has 0 amide bonds. The van der Waals surface area contributed by atoms with E-state index in [9.17, 15) is 14.7 Å². The molecule has 0 bridgehead atoms. The first-order valence-electron chi connectivity index (χ1n) is 8.92. The molecule has 0 aliphatic heterocycles. The summed E-state index contributed by atoms with van der Waals surface area (Å²) in [5.74, 6) is -0.987. The van der Waals surface area contributed by atoms with Crippen LogP contribution in [-0.2, 0) is 16.0 Å². The van der Waals surface area contributed by atoms with E-state index in [-0.39, 0.29) is 36.7 Å². The molecule has 5 heteroatoms. The molecule has 0 unspecified atom stereocenters. The zero-order valence-electron chi connectivity index (χ0n) is 15.1. The number of pyridine rings is 1. The smallest absolute Gasteiger partial charge is 0.306 e. The Hall–Kier alpha value is -3.21. The second-order valence-corrected chi connectivity index (χ2v) is 6.27. The Morgan fingerprint density at radius 1 is 1.00 bits per heavy atom. The highest BCUT2D eigenvalue weighted by Gasteiger charge is 2.16. The van der Waals surface area contributed by atoms with Gasteiger partial charge in [0.05, 0.1) is 18.5 Å². The van der Waals surface area contributed by atoms with Crippen LogP contribution < -0.4 is 0 Å². The molecule has 0 aliphatic carbocycles. The Kier molecular flexibility index (Phi) is 5.81. The largest absolute Gasteiger partial charge is 0.506 e. The van der Waals surface area contributed by atoms with E-state index in [4.69, 9.17) is 4.74 Å². The van der Waals surface area contributed by atoms with Crippen molar-refractivity contribution in [3.8, 4) is 5.75 Å². The lowest BCUT2D eigenvalue weighted by Crippen LogP contribution is -2.09. The highest BCUT2D eigenvalue weighted by atomic mass is 16.5. The molecule has 1 aromatic heterocycles. The molecule has 0 aliphatic rings. The minimum atomic E-state index is -0.434. The van der Waals surface area contributed by atoms with Gasteiger partial charge in [-0.05, 0) is 36.6 Å². The van der Waals surface area contributed by atoms with Crippen LogP contribution in [0.3, 0.4) is 0 Å². The van der Waals surface area contributed by atoms with Crippen LogP contribution in [0, 0.1) is 0 Å². The normalized spacial score (nSPS) is 10.7. The Morgan fingerprint density at radius 3 is 2.52 bits per heavy atom. The van der Waals surface area contributed by atoms with Crippen molar-refractivity contribution < 1.29 is 19.4 Å². The number of aromatic hydroxyl groups is 1. The van der Waals surface area contributed by atoms with E-state index in [1.807, 2.05) is 36.4 Å². The summed E-state index contributed by atoms with van der Waals surface area (Å²) in [4.78, 5) is 28.1. The van der Waals surface area contributed by atoms with Crippen LogP contribution in [0.25, 0.3) is 10.9 Å². The number of Topliss-reactive ketones (excluding diaryl/α,β-unsaturated/α-hetero) is 1. The SMILES string of the molecule is CCOC(=O)CCC(=O)c1nc2cc(Cc3ccccc3)ccc2cc1O. The molecular formula is C22H21NO4. The standard InChI is InChI=1S/C22H21NO4/c1-2-27-21(26)11-10-19(24)22-20(25)14-17-9-8-16(13-18(17)23-22)12-15-6-4-3-5-7-15/h3-9,13-14,25H,2,10-12H2,1H3. The van der Waals surface area contributed by atoms with E-state index in [0.717, 1.165) is 17.4 Å². The first-order chi connectivity index (χ1) is 13.1. The number of esters is 1. The van der Waals surface area contributed by atoms with Gasteiger partial charge in [-0.1, -0.05) is 42.5 Å². The van der Waals surface area contributed by atoms with Crippen molar-refractivity contribution in [1.29, 1.82) is 0 Å². The third-order valence-electron chi connectivity index (χ3n) is 4.24. The van der Waals surface area contributed by atoms with Crippen LogP contribution in [0.15, 0.2) is 54.6 Å². The maximum atomic E-state index is 12.4. The molecule has 0 saturated carbocycles. The van der Waals surface area contributed by atoms with E-state index < -0.39 is 5.97 Å². The average Bonchev–Trinajstić information content (AvgIpc) is 2.67. The predicted molar refractivity (Wildman–Crippen MR) is 103 cm³/mol. The number of aromatic nitrogens is 1. The molecule has 1 heterocycles. The van der Waals surface area contributed by atoms with E-state index >= 15 is 0 Å². The van der Waals surface area contributed by atoms with Crippen molar-refractivity contribution in [2.75, 3.05) is 6.61 Å². The fourth-order valence-electron chi connectivity index (χ4n) is 2.92. The fourth-order valence-corrected chi connectivity index (χ4v) is 2.92. The number of fused-ring (bicyclic) bond motifs is 1. The van der Waals surface area contributed by atoms with Crippen molar-refractivity contribution in [2.45, 2.75) is 26.2 Å². The first kappa shape index (κ1) is 18.6. The molecule has 3 rings (SSSR count). The zero-order valence-corrected chi connectivity index (χ0v) is 15.1. The maximum absolute atomic E-state index is 12.4. The molecule has 1 N–H and O–H groups in total. The predicted octanol–water partition coefficient (Wildman–Crippen LogP) is 4.06. The molecule has 3 aromatic rings. The molecule has 0 fully saturated rings. The van der Waals surface area contributed by atoms with Crippen molar-refractivity contribution >= 4 is 22.7 Å². The van der Waals surface area contributed by atoms with Crippen LogP contribution in [-0.4, -0.2) is 28.4 Å². The molecular weight excluding hydrogens is 342 g/mol. The number of hydrogen-bond donors (Lipinski definition) is 1. The quantitative estimate of drug-likeness (QED) is 0.506. The number of ether oxygens (including phenoxy) is 1. The van der Waals surface area contributed by atoms with Gasteiger partial charge in [-0.3, -0.25) is 9.59 Å². The van der Waals surface area contributed by atoms with Crippen molar-refractivity contribution in [2.24, 2.45) is 0 Å². The monoisotopic (exact) mass is 363 g/mol. The average molecular weight is 363 g/mol. The van der Waals surface area contributed by atoms with Gasteiger partial charge in [-0.2, -0.15) is 0 Å². The number of benzene rings is 2. The summed E-state index contributed by atoms with van der Waals surface area (Å²) < 4.78 is 4.83. The second-order valence-electron chi connectivity index (χ2n) is 6.27. The summed E-state index contributed by atoms with van der Waals surface area (Å²) in [5, 5.41) is 10.9. The number of ketones is 1. The van der Waals surface area contributed by atoms with Gasteiger partial charge in [0, 0.05) is 11.8 Å². The molecule has 27 heavy (non-hydrogen) atoms. The number of hydrogen-bond acceptors (Lipinski definition) is 5. The fraction of sp³-hybridized carbons (Fsp3) is 0.227. The Bertz CT molecular complexity index is 967. The summed E-state index contributed by atoms with van der Waals surface area (Å²) in [6.07, 6.45) is 0.681. The summed E-state index contributed by atoms with van der Waals surface area (Å²) in [7, 11) is 0. The molecule has 138 valence electrons. The number of nitrogens with zero attached hydrogens (tertiary/aromatic N) is 1. The molecule has 0 atom stereocenters. The molecule has 5 nitrogen and oxygen atoms in total. The van der Waals surface area contributed by atoms with Gasteiger partial charge in [0.25, 0.3) is 0 Å². The van der Waals surface area contributed by atoms with Gasteiger partial charge < -0.3 is 9.84 Å². The summed E-state index contributed by atoms with van der Waals surface area (Å²) in [6.45, 7) is 1.99.